The molecule has 3 rings (SSSR count). The summed E-state index contributed by atoms with van der Waals surface area (Å²) in [5.41, 5.74) is 4.46. The van der Waals surface area contributed by atoms with Gasteiger partial charge in [0.25, 0.3) is 0 Å². The molecule has 0 aliphatic rings. The molecule has 0 saturated carbocycles. The van der Waals surface area contributed by atoms with Crippen molar-refractivity contribution >= 4 is 39.5 Å². The van der Waals surface area contributed by atoms with Crippen molar-refractivity contribution in [2.75, 3.05) is 0 Å². The van der Waals surface area contributed by atoms with Crippen LogP contribution in [0.25, 0.3) is 0 Å². The summed E-state index contributed by atoms with van der Waals surface area (Å²) in [7, 11) is -3.89. The molecule has 3 aromatic rings. The van der Waals surface area contributed by atoms with E-state index in [1.165, 1.54) is 11.3 Å². The van der Waals surface area contributed by atoms with Crippen molar-refractivity contribution in [1.29, 1.82) is 0 Å². The Morgan fingerprint density at radius 3 is 0.915 bits per heavy atom. The topological polar surface area (TPSA) is 52.6 Å². The third-order valence-corrected chi connectivity index (χ3v) is 10.5. The van der Waals surface area contributed by atoms with E-state index < -0.39 is 16.6 Å². The normalized spacial score (nSPS) is 13.5. The third kappa shape index (κ3) is 9.57. The smallest absolute Gasteiger partial charge is 0.242 e. The molecule has 0 bridgehead atoms. The highest BCUT2D eigenvalue weighted by molar-refractivity contribution is 7.16. The van der Waals surface area contributed by atoms with Crippen LogP contribution in [0.4, 0.5) is 0 Å². The molecule has 0 aliphatic heterocycles. The van der Waals surface area contributed by atoms with Crippen LogP contribution in [0.2, 0.25) is 39.3 Å². The summed E-state index contributed by atoms with van der Waals surface area (Å²) in [5.74, 6) is 1.67. The number of hydrogen-bond donors (Lipinski definition) is 0. The van der Waals surface area contributed by atoms with E-state index in [9.17, 15) is 9.59 Å². The van der Waals surface area contributed by atoms with E-state index in [-0.39, 0.29) is 33.2 Å². The average molecular weight is 693 g/mol. The lowest BCUT2D eigenvalue weighted by molar-refractivity contribution is 0.103. The number of benzene rings is 2. The predicted molar refractivity (Wildman–Crippen MR) is 207 cm³/mol. The van der Waals surface area contributed by atoms with Crippen molar-refractivity contribution in [3.63, 3.8) is 0 Å². The number of ketones is 2. The first kappa shape index (κ1) is 39.0. The van der Waals surface area contributed by atoms with E-state index in [4.69, 9.17) is 8.85 Å². The van der Waals surface area contributed by atoms with Crippen molar-refractivity contribution in [3.8, 4) is 11.5 Å². The fourth-order valence-corrected chi connectivity index (χ4v) is 8.04. The van der Waals surface area contributed by atoms with Gasteiger partial charge in [-0.3, -0.25) is 9.59 Å². The highest BCUT2D eigenvalue weighted by Gasteiger charge is 2.34. The number of rotatable bonds is 8. The van der Waals surface area contributed by atoms with Crippen molar-refractivity contribution in [1.82, 2.24) is 0 Å². The maximum absolute atomic E-state index is 14.2. The average Bonchev–Trinajstić information content (AvgIpc) is 3.33. The van der Waals surface area contributed by atoms with Gasteiger partial charge >= 0.3 is 0 Å². The number of carbonyl (C=O) groups excluding carboxylic acids is 2. The quantitative estimate of drug-likeness (QED) is 0.174. The Kier molecular flexibility index (Phi) is 10.6. The molecule has 4 nitrogen and oxygen atoms in total. The maximum Gasteiger partial charge on any atom is 0.242 e. The van der Waals surface area contributed by atoms with Gasteiger partial charge in [0.05, 0.1) is 9.75 Å². The Morgan fingerprint density at radius 2 is 0.723 bits per heavy atom. The highest BCUT2D eigenvalue weighted by Crippen LogP contribution is 2.44. The lowest BCUT2D eigenvalue weighted by Gasteiger charge is -2.33. The van der Waals surface area contributed by atoms with Gasteiger partial charge in [-0.15, -0.1) is 11.3 Å². The summed E-state index contributed by atoms with van der Waals surface area (Å²) in [5, 5.41) is 0. The zero-order chi connectivity index (χ0) is 36.3. The molecule has 0 fully saturated rings. The van der Waals surface area contributed by atoms with Crippen molar-refractivity contribution < 1.29 is 18.4 Å². The van der Waals surface area contributed by atoms with Gasteiger partial charge in [0, 0.05) is 11.1 Å². The molecule has 47 heavy (non-hydrogen) atoms. The Labute approximate surface area is 292 Å². The van der Waals surface area contributed by atoms with Gasteiger partial charge < -0.3 is 8.85 Å². The Hall–Kier alpha value is -2.49. The Bertz CT molecular complexity index is 1460. The molecule has 1 heterocycles. The van der Waals surface area contributed by atoms with E-state index >= 15 is 0 Å². The summed E-state index contributed by atoms with van der Waals surface area (Å²) in [6.07, 6.45) is 0. The van der Waals surface area contributed by atoms with Gasteiger partial charge in [-0.1, -0.05) is 83.1 Å². The molecule has 2 aromatic carbocycles. The fraction of sp³-hybridized carbons (Fsp3) is 0.550. The highest BCUT2D eigenvalue weighted by atomic mass is 32.1. The Morgan fingerprint density at radius 1 is 0.489 bits per heavy atom. The van der Waals surface area contributed by atoms with E-state index in [1.54, 1.807) is 12.1 Å². The van der Waals surface area contributed by atoms with Crippen molar-refractivity contribution in [3.05, 3.63) is 79.5 Å². The van der Waals surface area contributed by atoms with Crippen LogP contribution in [0.3, 0.4) is 0 Å². The van der Waals surface area contributed by atoms with Crippen LogP contribution >= 0.6 is 11.3 Å². The maximum atomic E-state index is 14.2. The van der Waals surface area contributed by atoms with E-state index in [2.05, 4.69) is 122 Å². The van der Waals surface area contributed by atoms with Crippen molar-refractivity contribution in [2.24, 2.45) is 0 Å². The predicted octanol–water partition coefficient (Wildman–Crippen LogP) is 11.8. The lowest BCUT2D eigenvalue weighted by atomic mass is 9.78. The summed E-state index contributed by atoms with van der Waals surface area (Å²) in [6, 6.07) is 11.7. The number of hydrogen-bond acceptors (Lipinski definition) is 5. The molecule has 0 N–H and O–H groups in total. The first-order valence-corrected chi connectivity index (χ1v) is 24.5. The largest absolute Gasteiger partial charge is 0.544 e. The summed E-state index contributed by atoms with van der Waals surface area (Å²) >= 11 is 1.27. The van der Waals surface area contributed by atoms with Gasteiger partial charge in [0.15, 0.2) is 0 Å². The molecule has 7 heteroatoms. The first-order chi connectivity index (χ1) is 20.9. The fourth-order valence-electron chi connectivity index (χ4n) is 5.45. The van der Waals surface area contributed by atoms with Crippen molar-refractivity contribution in [2.45, 2.75) is 144 Å². The van der Waals surface area contributed by atoms with Crippen LogP contribution in [0.5, 0.6) is 11.5 Å². The molecule has 0 atom stereocenters. The van der Waals surface area contributed by atoms with Crippen LogP contribution in [0, 0.1) is 0 Å². The minimum atomic E-state index is -1.94. The molecular formula is C40H60O4SSi2. The molecule has 1 aromatic heterocycles. The van der Waals surface area contributed by atoms with Crippen LogP contribution in [-0.2, 0) is 21.7 Å². The summed E-state index contributed by atoms with van der Waals surface area (Å²) in [4.78, 5) is 29.5. The SMILES string of the molecule is CC(C)(C)c1cc(C(=O)c2ccc(C(=O)c3cc(C(C)(C)C)c(O[Si](C)(C)C)c(C(C)(C)C)c3)s2)cc(C(C)(C)C)c1O[Si](C)(C)C. The summed E-state index contributed by atoms with van der Waals surface area (Å²) in [6.45, 7) is 39.1. The van der Waals surface area contributed by atoms with E-state index in [0.717, 1.165) is 33.8 Å². The molecule has 0 spiro atoms. The second-order valence-electron chi connectivity index (χ2n) is 19.1. The zero-order valence-electron chi connectivity index (χ0n) is 32.5. The minimum Gasteiger partial charge on any atom is -0.544 e. The standard InChI is InChI=1S/C40H60O4SSi2/c1-37(2,3)27-21-25(22-28(38(4,5)6)35(27)43-46(13,14)15)33(41)31-19-20-32(45-31)34(42)26-23-29(39(7,8)9)36(44-47(16,17)18)30(24-26)40(10,11)12/h19-24H,1-18H3. The monoisotopic (exact) mass is 692 g/mol. The summed E-state index contributed by atoms with van der Waals surface area (Å²) < 4.78 is 13.4. The van der Waals surface area contributed by atoms with E-state index in [0.29, 0.717) is 20.9 Å². The molecule has 0 aliphatic carbocycles. The van der Waals surface area contributed by atoms with Gasteiger partial charge in [-0.05, 0) is 120 Å². The van der Waals surface area contributed by atoms with Crippen LogP contribution in [0.15, 0.2) is 36.4 Å². The zero-order valence-corrected chi connectivity index (χ0v) is 35.3. The van der Waals surface area contributed by atoms with Gasteiger partial charge in [-0.2, -0.15) is 0 Å². The second kappa shape index (κ2) is 12.8. The van der Waals surface area contributed by atoms with Crippen LogP contribution < -0.4 is 8.85 Å². The first-order valence-electron chi connectivity index (χ1n) is 16.9. The number of thiophene rings is 1. The van der Waals surface area contributed by atoms with Gasteiger partial charge in [0.1, 0.15) is 11.5 Å². The molecule has 258 valence electrons. The molecule has 0 unspecified atom stereocenters. The van der Waals surface area contributed by atoms with Crippen LogP contribution in [0.1, 0.15) is 136 Å². The number of carbonyl (C=O) groups is 2. The van der Waals surface area contributed by atoms with Gasteiger partial charge in [0.2, 0.25) is 28.2 Å². The third-order valence-electron chi connectivity index (χ3n) is 7.80. The molecule has 0 radical (unpaired) electrons. The van der Waals surface area contributed by atoms with Gasteiger partial charge in [-0.25, -0.2) is 0 Å². The minimum absolute atomic E-state index is 0.0748. The molecule has 0 amide bonds. The molecule has 0 saturated heterocycles. The Balaban J connectivity index is 2.18. The molecular weight excluding hydrogens is 633 g/mol. The van der Waals surface area contributed by atoms with E-state index in [1.807, 2.05) is 24.3 Å². The lowest BCUT2D eigenvalue weighted by Crippen LogP contribution is -2.33. The second-order valence-corrected chi connectivity index (χ2v) is 29.0. The van der Waals surface area contributed by atoms with Crippen LogP contribution in [-0.4, -0.2) is 28.2 Å².